The fraction of sp³-hybridized carbons (Fsp3) is 0.0769. The minimum atomic E-state index is -0.299. The van der Waals surface area contributed by atoms with E-state index in [0.29, 0.717) is 15.8 Å². The van der Waals surface area contributed by atoms with Crippen molar-refractivity contribution in [3.05, 3.63) is 49.8 Å². The Hall–Kier alpha value is -0.820. The molecule has 0 saturated heterocycles. The molecule has 0 saturated carbocycles. The van der Waals surface area contributed by atoms with Gasteiger partial charge in [-0.15, -0.1) is 0 Å². The van der Waals surface area contributed by atoms with E-state index in [1.165, 1.54) is 6.07 Å². The number of halogens is 3. The third-order valence-electron chi connectivity index (χ3n) is 2.55. The van der Waals surface area contributed by atoms with Gasteiger partial charge in [0.1, 0.15) is 5.82 Å². The van der Waals surface area contributed by atoms with Gasteiger partial charge in [0.2, 0.25) is 0 Å². The highest BCUT2D eigenvalue weighted by atomic mass is 127. The second-order valence-electron chi connectivity index (χ2n) is 3.94. The van der Waals surface area contributed by atoms with Crippen molar-refractivity contribution in [2.24, 2.45) is 0 Å². The molecule has 0 radical (unpaired) electrons. The standard InChI is InChI=1S/C13H11BrFIN2/c1-7-4-9(14)10(15)6-13(7)18-12-3-2-8(16)5-11(12)17/h2-6,18H,17H2,1H3. The molecule has 0 fully saturated rings. The quantitative estimate of drug-likeness (QED) is 0.539. The summed E-state index contributed by atoms with van der Waals surface area (Å²) in [5, 5.41) is 3.15. The van der Waals surface area contributed by atoms with E-state index < -0.39 is 0 Å². The summed E-state index contributed by atoms with van der Waals surface area (Å²) in [6.45, 7) is 1.91. The highest BCUT2D eigenvalue weighted by Crippen LogP contribution is 2.29. The molecule has 0 amide bonds. The Balaban J connectivity index is 2.37. The van der Waals surface area contributed by atoms with Crippen molar-refractivity contribution in [1.82, 2.24) is 0 Å². The van der Waals surface area contributed by atoms with E-state index >= 15 is 0 Å². The normalized spacial score (nSPS) is 10.4. The number of anilines is 3. The molecule has 2 aromatic carbocycles. The molecule has 0 bridgehead atoms. The second-order valence-corrected chi connectivity index (χ2v) is 6.04. The first-order valence-corrected chi connectivity index (χ1v) is 7.12. The molecule has 2 nitrogen and oxygen atoms in total. The Bertz CT molecular complexity index is 602. The van der Waals surface area contributed by atoms with Gasteiger partial charge in [-0.1, -0.05) is 0 Å². The monoisotopic (exact) mass is 420 g/mol. The summed E-state index contributed by atoms with van der Waals surface area (Å²) in [6, 6.07) is 8.89. The number of hydrogen-bond donors (Lipinski definition) is 2. The minimum absolute atomic E-state index is 0.299. The number of nitrogen functional groups attached to an aromatic ring is 1. The fourth-order valence-corrected chi connectivity index (χ4v) is 2.55. The Morgan fingerprint density at radius 2 is 1.94 bits per heavy atom. The zero-order valence-electron chi connectivity index (χ0n) is 9.60. The van der Waals surface area contributed by atoms with E-state index in [-0.39, 0.29) is 5.82 Å². The largest absolute Gasteiger partial charge is 0.397 e. The van der Waals surface area contributed by atoms with Crippen LogP contribution in [0.15, 0.2) is 34.8 Å². The Labute approximate surface area is 127 Å². The highest BCUT2D eigenvalue weighted by Gasteiger charge is 2.07. The first kappa shape index (κ1) is 13.6. The van der Waals surface area contributed by atoms with Crippen LogP contribution in [0.4, 0.5) is 21.5 Å². The van der Waals surface area contributed by atoms with E-state index in [1.807, 2.05) is 25.1 Å². The lowest BCUT2D eigenvalue weighted by Gasteiger charge is -2.12. The smallest absolute Gasteiger partial charge is 0.139 e. The molecule has 0 aromatic heterocycles. The summed E-state index contributed by atoms with van der Waals surface area (Å²) in [5.41, 5.74) is 9.00. The molecule has 2 aromatic rings. The molecule has 0 atom stereocenters. The number of benzene rings is 2. The summed E-state index contributed by atoms with van der Waals surface area (Å²) in [5.74, 6) is -0.299. The third-order valence-corrected chi connectivity index (χ3v) is 3.83. The van der Waals surface area contributed by atoms with Gasteiger partial charge in [-0.25, -0.2) is 4.39 Å². The van der Waals surface area contributed by atoms with Crippen molar-refractivity contribution >= 4 is 55.6 Å². The third kappa shape index (κ3) is 2.95. The van der Waals surface area contributed by atoms with E-state index in [4.69, 9.17) is 5.73 Å². The second kappa shape index (κ2) is 5.44. The van der Waals surface area contributed by atoms with Crippen LogP contribution in [0.1, 0.15) is 5.56 Å². The first-order chi connectivity index (χ1) is 8.47. The maximum Gasteiger partial charge on any atom is 0.139 e. The fourth-order valence-electron chi connectivity index (χ4n) is 1.57. The number of nitrogens with two attached hydrogens (primary N) is 1. The zero-order chi connectivity index (χ0) is 13.3. The summed E-state index contributed by atoms with van der Waals surface area (Å²) >= 11 is 5.36. The van der Waals surface area contributed by atoms with Crippen molar-refractivity contribution in [3.63, 3.8) is 0 Å². The van der Waals surface area contributed by atoms with Gasteiger partial charge < -0.3 is 11.1 Å². The predicted molar refractivity (Wildman–Crippen MR) is 85.7 cm³/mol. The number of aryl methyl sites for hydroxylation is 1. The minimum Gasteiger partial charge on any atom is -0.397 e. The molecule has 0 unspecified atom stereocenters. The Kier molecular flexibility index (Phi) is 4.11. The van der Waals surface area contributed by atoms with Crippen molar-refractivity contribution in [1.29, 1.82) is 0 Å². The molecule has 0 aliphatic rings. The maximum absolute atomic E-state index is 13.5. The molecule has 0 aliphatic heterocycles. The lowest BCUT2D eigenvalue weighted by atomic mass is 10.2. The molecule has 18 heavy (non-hydrogen) atoms. The van der Waals surface area contributed by atoms with Crippen LogP contribution in [-0.4, -0.2) is 0 Å². The molecule has 94 valence electrons. The Morgan fingerprint density at radius 1 is 1.22 bits per heavy atom. The van der Waals surface area contributed by atoms with Gasteiger partial charge in [0.15, 0.2) is 0 Å². The number of hydrogen-bond acceptors (Lipinski definition) is 2. The summed E-state index contributed by atoms with van der Waals surface area (Å²) in [7, 11) is 0. The summed E-state index contributed by atoms with van der Waals surface area (Å²) in [4.78, 5) is 0. The molecular weight excluding hydrogens is 410 g/mol. The Morgan fingerprint density at radius 3 is 2.61 bits per heavy atom. The lowest BCUT2D eigenvalue weighted by molar-refractivity contribution is 0.621. The van der Waals surface area contributed by atoms with Crippen molar-refractivity contribution < 1.29 is 4.39 Å². The maximum atomic E-state index is 13.5. The van der Waals surface area contributed by atoms with Crippen molar-refractivity contribution in [2.45, 2.75) is 6.92 Å². The van der Waals surface area contributed by atoms with Gasteiger partial charge in [-0.05, 0) is 81.3 Å². The molecule has 3 N–H and O–H groups in total. The molecule has 0 aliphatic carbocycles. The van der Waals surface area contributed by atoms with Crippen LogP contribution in [0.3, 0.4) is 0 Å². The molecule has 2 rings (SSSR count). The number of rotatable bonds is 2. The average molecular weight is 421 g/mol. The summed E-state index contributed by atoms with van der Waals surface area (Å²) in [6.07, 6.45) is 0. The van der Waals surface area contributed by atoms with Gasteiger partial charge in [-0.3, -0.25) is 0 Å². The predicted octanol–water partition coefficient (Wildman–Crippen LogP) is 4.83. The van der Waals surface area contributed by atoms with Gasteiger partial charge in [0, 0.05) is 9.26 Å². The van der Waals surface area contributed by atoms with Crippen LogP contribution >= 0.6 is 38.5 Å². The SMILES string of the molecule is Cc1cc(Br)c(F)cc1Nc1ccc(I)cc1N. The van der Waals surface area contributed by atoms with Crippen LogP contribution in [0, 0.1) is 16.3 Å². The van der Waals surface area contributed by atoms with Crippen LogP contribution in [0.5, 0.6) is 0 Å². The van der Waals surface area contributed by atoms with Gasteiger partial charge in [-0.2, -0.15) is 0 Å². The lowest BCUT2D eigenvalue weighted by Crippen LogP contribution is -1.99. The van der Waals surface area contributed by atoms with Crippen molar-refractivity contribution in [3.8, 4) is 0 Å². The molecule has 0 spiro atoms. The average Bonchev–Trinajstić information content (AvgIpc) is 2.29. The zero-order valence-corrected chi connectivity index (χ0v) is 13.3. The van der Waals surface area contributed by atoms with Crippen LogP contribution < -0.4 is 11.1 Å². The summed E-state index contributed by atoms with van der Waals surface area (Å²) < 4.78 is 15.0. The van der Waals surface area contributed by atoms with Crippen LogP contribution in [-0.2, 0) is 0 Å². The topological polar surface area (TPSA) is 38.0 Å². The van der Waals surface area contributed by atoms with Crippen LogP contribution in [0.25, 0.3) is 0 Å². The van der Waals surface area contributed by atoms with Gasteiger partial charge in [0.25, 0.3) is 0 Å². The first-order valence-electron chi connectivity index (χ1n) is 5.25. The molecule has 0 heterocycles. The van der Waals surface area contributed by atoms with Gasteiger partial charge in [0.05, 0.1) is 15.8 Å². The van der Waals surface area contributed by atoms with E-state index in [0.717, 1.165) is 14.8 Å². The number of nitrogens with one attached hydrogen (secondary N) is 1. The van der Waals surface area contributed by atoms with Crippen LogP contribution in [0.2, 0.25) is 0 Å². The molecular formula is C13H11BrFIN2. The molecule has 5 heteroatoms. The van der Waals surface area contributed by atoms with E-state index in [2.05, 4.69) is 43.8 Å². The van der Waals surface area contributed by atoms with E-state index in [1.54, 1.807) is 6.07 Å². The van der Waals surface area contributed by atoms with Crippen molar-refractivity contribution in [2.75, 3.05) is 11.1 Å². The van der Waals surface area contributed by atoms with E-state index in [9.17, 15) is 4.39 Å². The van der Waals surface area contributed by atoms with Gasteiger partial charge >= 0.3 is 0 Å². The highest BCUT2D eigenvalue weighted by molar-refractivity contribution is 14.1.